The standard InChI is InChI=1S/C13H24Br2O2Si/c1-13(2,3)18(4,5)17-10-7-6-8-16-11(10)9-12(14)15/h9-11H,6-8H2,1-5H3/t10-,11+/m1/s1. The summed E-state index contributed by atoms with van der Waals surface area (Å²) in [6.45, 7) is 12.2. The van der Waals surface area contributed by atoms with Gasteiger partial charge < -0.3 is 9.16 Å². The van der Waals surface area contributed by atoms with Gasteiger partial charge in [-0.3, -0.25) is 0 Å². The lowest BCUT2D eigenvalue weighted by atomic mass is 10.1. The molecular weight excluding hydrogens is 376 g/mol. The molecule has 0 bridgehead atoms. The van der Waals surface area contributed by atoms with Crippen LogP contribution in [0.5, 0.6) is 0 Å². The zero-order valence-electron chi connectivity index (χ0n) is 11.9. The van der Waals surface area contributed by atoms with E-state index in [1.807, 2.05) is 0 Å². The van der Waals surface area contributed by atoms with Crippen LogP contribution in [-0.2, 0) is 9.16 Å². The Bertz CT molecular complexity index is 307. The maximum absolute atomic E-state index is 6.48. The van der Waals surface area contributed by atoms with Crippen LogP contribution in [-0.4, -0.2) is 27.1 Å². The van der Waals surface area contributed by atoms with Crippen molar-refractivity contribution >= 4 is 40.2 Å². The van der Waals surface area contributed by atoms with Gasteiger partial charge in [0.15, 0.2) is 8.32 Å². The Hall–Kier alpha value is 0.837. The van der Waals surface area contributed by atoms with Crippen molar-refractivity contribution in [3.8, 4) is 0 Å². The SMILES string of the molecule is CC(C)(C)[Si](C)(C)O[C@@H]1CCCO[C@H]1C=C(Br)Br. The van der Waals surface area contributed by atoms with Gasteiger partial charge in [-0.1, -0.05) is 20.8 Å². The maximum Gasteiger partial charge on any atom is 0.192 e. The zero-order chi connectivity index (χ0) is 14.0. The van der Waals surface area contributed by atoms with Crippen molar-refractivity contribution in [1.82, 2.24) is 0 Å². The summed E-state index contributed by atoms with van der Waals surface area (Å²) in [4.78, 5) is 0. The quantitative estimate of drug-likeness (QED) is 0.608. The first-order chi connectivity index (χ1) is 8.13. The molecule has 0 aromatic heterocycles. The first-order valence-electron chi connectivity index (χ1n) is 6.46. The van der Waals surface area contributed by atoms with Gasteiger partial charge in [0.1, 0.15) is 6.10 Å². The van der Waals surface area contributed by atoms with Crippen LogP contribution in [0.4, 0.5) is 0 Å². The normalized spacial score (nSPS) is 25.9. The second-order valence-electron chi connectivity index (χ2n) is 6.35. The van der Waals surface area contributed by atoms with Crippen molar-refractivity contribution in [3.63, 3.8) is 0 Å². The summed E-state index contributed by atoms with van der Waals surface area (Å²) in [7, 11) is -1.73. The fraction of sp³-hybridized carbons (Fsp3) is 0.846. The van der Waals surface area contributed by atoms with Crippen molar-refractivity contribution in [1.29, 1.82) is 0 Å². The molecule has 0 amide bonds. The minimum Gasteiger partial charge on any atom is -0.411 e. The largest absolute Gasteiger partial charge is 0.411 e. The van der Waals surface area contributed by atoms with E-state index in [-0.39, 0.29) is 17.2 Å². The molecule has 0 aromatic carbocycles. The highest BCUT2D eigenvalue weighted by molar-refractivity contribution is 9.28. The molecule has 1 aliphatic heterocycles. The molecule has 2 atom stereocenters. The van der Waals surface area contributed by atoms with Crippen LogP contribution in [0.25, 0.3) is 0 Å². The highest BCUT2D eigenvalue weighted by Gasteiger charge is 2.41. The molecular formula is C13H24Br2O2Si. The highest BCUT2D eigenvalue weighted by atomic mass is 79.9. The molecule has 0 saturated carbocycles. The monoisotopic (exact) mass is 398 g/mol. The predicted octanol–water partition coefficient (Wildman–Crippen LogP) is 5.19. The van der Waals surface area contributed by atoms with Crippen LogP contribution in [0.15, 0.2) is 9.47 Å². The molecule has 0 spiro atoms. The van der Waals surface area contributed by atoms with Gasteiger partial charge in [-0.25, -0.2) is 0 Å². The summed E-state index contributed by atoms with van der Waals surface area (Å²) in [6.07, 6.45) is 4.47. The minimum atomic E-state index is -1.73. The van der Waals surface area contributed by atoms with Crippen molar-refractivity contribution in [2.45, 2.75) is 64.0 Å². The molecule has 1 aliphatic rings. The van der Waals surface area contributed by atoms with Gasteiger partial charge >= 0.3 is 0 Å². The third-order valence-corrected chi connectivity index (χ3v) is 8.89. The van der Waals surface area contributed by atoms with E-state index in [9.17, 15) is 0 Å². The van der Waals surface area contributed by atoms with Gasteiger partial charge in [-0.15, -0.1) is 0 Å². The van der Waals surface area contributed by atoms with Crippen molar-refractivity contribution in [2.75, 3.05) is 6.61 Å². The van der Waals surface area contributed by atoms with Crippen molar-refractivity contribution in [2.24, 2.45) is 0 Å². The van der Waals surface area contributed by atoms with E-state index in [2.05, 4.69) is 71.8 Å². The van der Waals surface area contributed by atoms with Crippen LogP contribution in [0.3, 0.4) is 0 Å². The van der Waals surface area contributed by atoms with Crippen LogP contribution >= 0.6 is 31.9 Å². The summed E-state index contributed by atoms with van der Waals surface area (Å²) in [6, 6.07) is 0. The Morgan fingerprint density at radius 1 is 1.33 bits per heavy atom. The van der Waals surface area contributed by atoms with E-state index in [1.54, 1.807) is 0 Å². The Morgan fingerprint density at radius 2 is 1.94 bits per heavy atom. The molecule has 0 unspecified atom stereocenters. The molecule has 1 heterocycles. The molecule has 1 saturated heterocycles. The Labute approximate surface area is 129 Å². The van der Waals surface area contributed by atoms with Crippen LogP contribution in [0.2, 0.25) is 18.1 Å². The van der Waals surface area contributed by atoms with Crippen molar-refractivity contribution in [3.05, 3.63) is 9.47 Å². The fourth-order valence-electron chi connectivity index (χ4n) is 1.74. The lowest BCUT2D eigenvalue weighted by Gasteiger charge is -2.42. The average molecular weight is 400 g/mol. The molecule has 106 valence electrons. The zero-order valence-corrected chi connectivity index (χ0v) is 16.1. The Morgan fingerprint density at radius 3 is 2.44 bits per heavy atom. The minimum absolute atomic E-state index is 0.0571. The number of ether oxygens (including phenoxy) is 1. The third-order valence-electron chi connectivity index (χ3n) is 3.85. The maximum atomic E-state index is 6.48. The third kappa shape index (κ3) is 4.74. The van der Waals surface area contributed by atoms with E-state index < -0.39 is 8.32 Å². The summed E-state index contributed by atoms with van der Waals surface area (Å²) >= 11 is 6.82. The van der Waals surface area contributed by atoms with E-state index in [1.165, 1.54) is 0 Å². The van der Waals surface area contributed by atoms with Gasteiger partial charge in [0.05, 0.1) is 9.50 Å². The first-order valence-corrected chi connectivity index (χ1v) is 11.0. The second-order valence-corrected chi connectivity index (χ2v) is 13.9. The van der Waals surface area contributed by atoms with Crippen LogP contribution in [0, 0.1) is 0 Å². The number of halogens is 2. The molecule has 18 heavy (non-hydrogen) atoms. The first kappa shape index (κ1) is 16.9. The van der Waals surface area contributed by atoms with Gasteiger partial charge in [0.2, 0.25) is 0 Å². The molecule has 0 aromatic rings. The topological polar surface area (TPSA) is 18.5 Å². The fourth-order valence-corrected chi connectivity index (χ4v) is 3.62. The van der Waals surface area contributed by atoms with Gasteiger partial charge in [-0.05, 0) is 68.9 Å². The van der Waals surface area contributed by atoms with Gasteiger partial charge in [0, 0.05) is 6.61 Å². The van der Waals surface area contributed by atoms with Crippen LogP contribution < -0.4 is 0 Å². The van der Waals surface area contributed by atoms with E-state index >= 15 is 0 Å². The lowest BCUT2D eigenvalue weighted by molar-refractivity contribution is -0.0420. The average Bonchev–Trinajstić information content (AvgIpc) is 2.18. The van der Waals surface area contributed by atoms with E-state index in [4.69, 9.17) is 9.16 Å². The van der Waals surface area contributed by atoms with E-state index in [0.29, 0.717) is 0 Å². The molecule has 0 N–H and O–H groups in total. The van der Waals surface area contributed by atoms with Gasteiger partial charge in [-0.2, -0.15) is 0 Å². The molecule has 1 rings (SSSR count). The second kappa shape index (κ2) is 6.53. The molecule has 2 nitrogen and oxygen atoms in total. The molecule has 1 fully saturated rings. The molecule has 5 heteroatoms. The number of hydrogen-bond acceptors (Lipinski definition) is 2. The molecule has 0 aliphatic carbocycles. The number of rotatable bonds is 3. The summed E-state index contributed by atoms with van der Waals surface area (Å²) in [5.74, 6) is 0. The Balaban J connectivity index is 2.77. The smallest absolute Gasteiger partial charge is 0.192 e. The highest BCUT2D eigenvalue weighted by Crippen LogP contribution is 2.39. The van der Waals surface area contributed by atoms with Crippen LogP contribution in [0.1, 0.15) is 33.6 Å². The van der Waals surface area contributed by atoms with E-state index in [0.717, 1.165) is 22.8 Å². The summed E-state index contributed by atoms with van der Waals surface area (Å²) in [5, 5.41) is 0.240. The lowest BCUT2D eigenvalue weighted by Crippen LogP contribution is -2.48. The summed E-state index contributed by atoms with van der Waals surface area (Å²) < 4.78 is 13.2. The molecule has 0 radical (unpaired) electrons. The Kier molecular flexibility index (Phi) is 6.12. The van der Waals surface area contributed by atoms with Gasteiger partial charge in [0.25, 0.3) is 0 Å². The predicted molar refractivity (Wildman–Crippen MR) is 87.0 cm³/mol. The number of hydrogen-bond donors (Lipinski definition) is 0. The summed E-state index contributed by atoms with van der Waals surface area (Å²) in [5.41, 5.74) is 0. The van der Waals surface area contributed by atoms with Crippen molar-refractivity contribution < 1.29 is 9.16 Å².